The number of hydrogen-bond donors (Lipinski definition) is 0. The predicted molar refractivity (Wildman–Crippen MR) is 112 cm³/mol. The number of carbonyl (C=O) groups excluding carboxylic acids is 1. The van der Waals surface area contributed by atoms with Crippen molar-refractivity contribution in [1.82, 2.24) is 0 Å². The molecule has 3 aromatic carbocycles. The Balaban J connectivity index is 1.50. The fourth-order valence-corrected chi connectivity index (χ4v) is 2.83. The number of allylic oxidation sites excluding steroid dienone is 1. The average Bonchev–Trinajstić information content (AvgIpc) is 3.61. The Bertz CT molecular complexity index is 976. The second-order valence-electron chi connectivity index (χ2n) is 6.81. The van der Waals surface area contributed by atoms with Crippen LogP contribution in [0.5, 0.6) is 11.5 Å². The summed E-state index contributed by atoms with van der Waals surface area (Å²) >= 11 is 0. The van der Waals surface area contributed by atoms with Gasteiger partial charge in [0.05, 0.1) is 12.2 Å². The summed E-state index contributed by atoms with van der Waals surface area (Å²) < 4.78 is 17.0. The lowest BCUT2D eigenvalue weighted by Gasteiger charge is -2.12. The van der Waals surface area contributed by atoms with Gasteiger partial charge in [0.25, 0.3) is 0 Å². The molecule has 3 aromatic rings. The summed E-state index contributed by atoms with van der Waals surface area (Å²) in [7, 11) is 0. The summed E-state index contributed by atoms with van der Waals surface area (Å²) in [4.78, 5) is 12.8. The molecule has 1 aliphatic rings. The first-order chi connectivity index (χ1) is 14.3. The van der Waals surface area contributed by atoms with E-state index in [2.05, 4.69) is 0 Å². The van der Waals surface area contributed by atoms with Gasteiger partial charge in [0.15, 0.2) is 5.78 Å². The van der Waals surface area contributed by atoms with E-state index in [1.165, 1.54) is 0 Å². The van der Waals surface area contributed by atoms with Crippen molar-refractivity contribution in [3.63, 3.8) is 0 Å². The zero-order valence-electron chi connectivity index (χ0n) is 16.0. The maximum Gasteiger partial charge on any atom is 0.189 e. The van der Waals surface area contributed by atoms with Crippen molar-refractivity contribution in [3.05, 3.63) is 102 Å². The molecule has 0 spiro atoms. The van der Waals surface area contributed by atoms with E-state index < -0.39 is 0 Å². The second kappa shape index (κ2) is 9.22. The van der Waals surface area contributed by atoms with Gasteiger partial charge in [-0.1, -0.05) is 66.7 Å². The number of ketones is 1. The third-order valence-electron chi connectivity index (χ3n) is 4.52. The van der Waals surface area contributed by atoms with Crippen molar-refractivity contribution in [2.75, 3.05) is 13.2 Å². The van der Waals surface area contributed by atoms with Crippen molar-refractivity contribution < 1.29 is 19.0 Å². The summed E-state index contributed by atoms with van der Waals surface area (Å²) in [5, 5.41) is 0. The van der Waals surface area contributed by atoms with Crippen LogP contribution in [-0.2, 0) is 11.3 Å². The number of epoxide rings is 1. The van der Waals surface area contributed by atoms with E-state index in [1.807, 2.05) is 60.7 Å². The molecule has 146 valence electrons. The van der Waals surface area contributed by atoms with E-state index in [1.54, 1.807) is 30.4 Å². The molecule has 1 saturated heterocycles. The standard InChI is InChI=1S/C25H22O4/c26-24(14-11-19-7-3-1-4-8-19)23-13-12-21(15-25(23)29-18-22-17-28-22)27-16-20-9-5-2-6-10-20/h1-15,22H,16-18H2/b14-11+/t22-/m1/s1. The molecule has 4 heteroatoms. The molecular formula is C25H22O4. The molecule has 0 unspecified atom stereocenters. The minimum atomic E-state index is -0.116. The van der Waals surface area contributed by atoms with E-state index in [0.717, 1.165) is 11.1 Å². The SMILES string of the molecule is O=C(/C=C/c1ccccc1)c1ccc(OCc2ccccc2)cc1OC[C@H]1CO1. The third kappa shape index (κ3) is 5.56. The van der Waals surface area contributed by atoms with Crippen molar-refractivity contribution >= 4 is 11.9 Å². The van der Waals surface area contributed by atoms with Gasteiger partial charge < -0.3 is 14.2 Å². The smallest absolute Gasteiger partial charge is 0.189 e. The number of carbonyl (C=O) groups is 1. The summed E-state index contributed by atoms with van der Waals surface area (Å²) in [6.45, 7) is 1.57. The molecule has 1 atom stereocenters. The van der Waals surface area contributed by atoms with Gasteiger partial charge in [-0.15, -0.1) is 0 Å². The molecule has 0 radical (unpaired) electrons. The highest BCUT2D eigenvalue weighted by atomic mass is 16.6. The van der Waals surface area contributed by atoms with Gasteiger partial charge in [-0.3, -0.25) is 4.79 Å². The average molecular weight is 386 g/mol. The van der Waals surface area contributed by atoms with E-state index in [0.29, 0.717) is 36.9 Å². The summed E-state index contributed by atoms with van der Waals surface area (Å²) in [5.74, 6) is 1.05. The van der Waals surface area contributed by atoms with Gasteiger partial charge in [-0.25, -0.2) is 0 Å². The lowest BCUT2D eigenvalue weighted by atomic mass is 10.1. The number of benzene rings is 3. The Labute approximate surface area is 170 Å². The molecular weight excluding hydrogens is 364 g/mol. The highest BCUT2D eigenvalue weighted by Gasteiger charge is 2.24. The number of ether oxygens (including phenoxy) is 3. The molecule has 0 amide bonds. The van der Waals surface area contributed by atoms with Crippen molar-refractivity contribution in [2.24, 2.45) is 0 Å². The minimum absolute atomic E-state index is 0.103. The van der Waals surface area contributed by atoms with Crippen LogP contribution in [0.1, 0.15) is 21.5 Å². The molecule has 0 bridgehead atoms. The topological polar surface area (TPSA) is 48.1 Å². The van der Waals surface area contributed by atoms with Gasteiger partial charge in [-0.2, -0.15) is 0 Å². The molecule has 0 N–H and O–H groups in total. The van der Waals surface area contributed by atoms with Crippen LogP contribution in [0, 0.1) is 0 Å². The normalized spacial score (nSPS) is 15.2. The molecule has 29 heavy (non-hydrogen) atoms. The Morgan fingerprint density at radius 3 is 2.41 bits per heavy atom. The molecule has 0 aliphatic carbocycles. The molecule has 0 saturated carbocycles. The highest BCUT2D eigenvalue weighted by Crippen LogP contribution is 2.28. The van der Waals surface area contributed by atoms with Gasteiger partial charge in [-0.05, 0) is 29.3 Å². The zero-order valence-corrected chi connectivity index (χ0v) is 16.0. The Hall–Kier alpha value is -3.37. The third-order valence-corrected chi connectivity index (χ3v) is 4.52. The van der Waals surface area contributed by atoms with Crippen LogP contribution in [0.15, 0.2) is 84.9 Å². The van der Waals surface area contributed by atoms with Crippen LogP contribution >= 0.6 is 0 Å². The van der Waals surface area contributed by atoms with Crippen LogP contribution in [0.4, 0.5) is 0 Å². The van der Waals surface area contributed by atoms with Gasteiger partial charge >= 0.3 is 0 Å². The van der Waals surface area contributed by atoms with E-state index in [-0.39, 0.29) is 11.9 Å². The Morgan fingerprint density at radius 1 is 0.966 bits per heavy atom. The molecule has 1 heterocycles. The van der Waals surface area contributed by atoms with Crippen LogP contribution in [0.3, 0.4) is 0 Å². The van der Waals surface area contributed by atoms with E-state index >= 15 is 0 Å². The van der Waals surface area contributed by atoms with Crippen LogP contribution in [-0.4, -0.2) is 25.1 Å². The summed E-state index contributed by atoms with van der Waals surface area (Å²) in [6, 6.07) is 25.0. The molecule has 1 fully saturated rings. The Kier molecular flexibility index (Phi) is 6.03. The molecule has 4 rings (SSSR count). The highest BCUT2D eigenvalue weighted by molar-refractivity contribution is 6.08. The maximum atomic E-state index is 12.8. The largest absolute Gasteiger partial charge is 0.490 e. The quantitative estimate of drug-likeness (QED) is 0.297. The van der Waals surface area contributed by atoms with Crippen molar-refractivity contribution in [2.45, 2.75) is 12.7 Å². The van der Waals surface area contributed by atoms with Crippen LogP contribution < -0.4 is 9.47 Å². The molecule has 0 aromatic heterocycles. The number of rotatable bonds is 9. The van der Waals surface area contributed by atoms with E-state index in [4.69, 9.17) is 14.2 Å². The summed E-state index contributed by atoms with van der Waals surface area (Å²) in [5.41, 5.74) is 2.55. The number of hydrogen-bond acceptors (Lipinski definition) is 4. The van der Waals surface area contributed by atoms with Crippen molar-refractivity contribution in [3.8, 4) is 11.5 Å². The van der Waals surface area contributed by atoms with Crippen LogP contribution in [0.25, 0.3) is 6.08 Å². The molecule has 1 aliphatic heterocycles. The lowest BCUT2D eigenvalue weighted by Crippen LogP contribution is -2.08. The Morgan fingerprint density at radius 2 is 1.69 bits per heavy atom. The lowest BCUT2D eigenvalue weighted by molar-refractivity contribution is 0.104. The molecule has 4 nitrogen and oxygen atoms in total. The zero-order chi connectivity index (χ0) is 19.9. The van der Waals surface area contributed by atoms with E-state index in [9.17, 15) is 4.79 Å². The predicted octanol–water partition coefficient (Wildman–Crippen LogP) is 4.94. The first-order valence-corrected chi connectivity index (χ1v) is 9.60. The minimum Gasteiger partial charge on any atom is -0.490 e. The summed E-state index contributed by atoms with van der Waals surface area (Å²) in [6.07, 6.45) is 3.47. The monoisotopic (exact) mass is 386 g/mol. The van der Waals surface area contributed by atoms with Crippen LogP contribution in [0.2, 0.25) is 0 Å². The van der Waals surface area contributed by atoms with Crippen molar-refractivity contribution in [1.29, 1.82) is 0 Å². The fourth-order valence-electron chi connectivity index (χ4n) is 2.83. The second-order valence-corrected chi connectivity index (χ2v) is 6.81. The fraction of sp³-hybridized carbons (Fsp3) is 0.160. The van der Waals surface area contributed by atoms with Gasteiger partial charge in [0.1, 0.15) is 30.8 Å². The first kappa shape index (κ1) is 19.0. The maximum absolute atomic E-state index is 12.8. The van der Waals surface area contributed by atoms with Gasteiger partial charge in [0, 0.05) is 6.07 Å². The first-order valence-electron chi connectivity index (χ1n) is 9.60. The van der Waals surface area contributed by atoms with Gasteiger partial charge in [0.2, 0.25) is 0 Å².